The van der Waals surface area contributed by atoms with E-state index in [9.17, 15) is 4.79 Å². The van der Waals surface area contributed by atoms with E-state index in [1.807, 2.05) is 48.5 Å². The molecule has 1 unspecified atom stereocenters. The summed E-state index contributed by atoms with van der Waals surface area (Å²) in [6.07, 6.45) is 0.555. The molecule has 1 saturated heterocycles. The number of nitrogens with one attached hydrogen (secondary N) is 1. The van der Waals surface area contributed by atoms with E-state index in [2.05, 4.69) is 39.4 Å². The number of fused-ring (bicyclic) bond motifs is 1. The minimum atomic E-state index is -0.784. The van der Waals surface area contributed by atoms with E-state index in [1.54, 1.807) is 0 Å². The van der Waals surface area contributed by atoms with Gasteiger partial charge in [-0.3, -0.25) is 9.69 Å². The van der Waals surface area contributed by atoms with Gasteiger partial charge in [0.25, 0.3) is 0 Å². The quantitative estimate of drug-likeness (QED) is 0.591. The van der Waals surface area contributed by atoms with Crippen LogP contribution in [-0.2, 0) is 16.8 Å². The number of hydrogen-bond donors (Lipinski definition) is 1. The molecule has 1 atom stereocenters. The Hall–Kier alpha value is -2.53. The number of piperazine rings is 1. The highest BCUT2D eigenvalue weighted by Crippen LogP contribution is 2.44. The summed E-state index contributed by atoms with van der Waals surface area (Å²) in [4.78, 5) is 18.3. The first-order chi connectivity index (χ1) is 15.1. The maximum absolute atomic E-state index is 13.6. The minimum Gasteiger partial charge on any atom is -0.369 e. The summed E-state index contributed by atoms with van der Waals surface area (Å²) in [5, 5.41) is 4.39. The zero-order chi connectivity index (χ0) is 21.4. The monoisotopic (exact) mass is 451 g/mol. The van der Waals surface area contributed by atoms with Gasteiger partial charge in [-0.15, -0.1) is 0 Å². The van der Waals surface area contributed by atoms with Crippen molar-refractivity contribution >= 4 is 40.5 Å². The molecule has 3 aromatic carbocycles. The third-order valence-corrected chi connectivity index (χ3v) is 6.81. The molecule has 5 rings (SSSR count). The zero-order valence-corrected chi connectivity index (χ0v) is 18.5. The van der Waals surface area contributed by atoms with E-state index < -0.39 is 5.54 Å². The van der Waals surface area contributed by atoms with Crippen LogP contribution in [0.5, 0.6) is 0 Å². The van der Waals surface area contributed by atoms with Gasteiger partial charge in [0.15, 0.2) is 0 Å². The summed E-state index contributed by atoms with van der Waals surface area (Å²) in [5.74, 6) is -0.00194. The van der Waals surface area contributed by atoms with Gasteiger partial charge < -0.3 is 10.2 Å². The molecule has 0 saturated carbocycles. The molecule has 2 aliphatic rings. The first-order valence-corrected chi connectivity index (χ1v) is 11.2. The molecule has 0 bridgehead atoms. The lowest BCUT2D eigenvalue weighted by Gasteiger charge is -2.45. The van der Waals surface area contributed by atoms with Crippen molar-refractivity contribution in [1.82, 2.24) is 4.90 Å². The first-order valence-electron chi connectivity index (χ1n) is 10.5. The largest absolute Gasteiger partial charge is 0.369 e. The van der Waals surface area contributed by atoms with Crippen LogP contribution in [-0.4, -0.2) is 37.0 Å². The highest BCUT2D eigenvalue weighted by Gasteiger charge is 2.51. The molecular weight excluding hydrogens is 429 g/mol. The Kier molecular flexibility index (Phi) is 5.39. The predicted molar refractivity (Wildman–Crippen MR) is 127 cm³/mol. The van der Waals surface area contributed by atoms with Crippen LogP contribution in [0.25, 0.3) is 0 Å². The molecule has 158 valence electrons. The minimum absolute atomic E-state index is 0.00194. The van der Waals surface area contributed by atoms with Gasteiger partial charge in [-0.1, -0.05) is 59.6 Å². The van der Waals surface area contributed by atoms with Crippen LogP contribution in [0, 0.1) is 0 Å². The van der Waals surface area contributed by atoms with Gasteiger partial charge in [0.2, 0.25) is 5.91 Å². The Morgan fingerprint density at radius 2 is 1.58 bits per heavy atom. The molecule has 0 aromatic heterocycles. The first kappa shape index (κ1) is 20.4. The number of carbonyl (C=O) groups excluding carboxylic acids is 1. The smallest absolute Gasteiger partial charge is 0.249 e. The Labute approximate surface area is 192 Å². The molecule has 1 fully saturated rings. The molecule has 31 heavy (non-hydrogen) atoms. The number of carbonyl (C=O) groups is 1. The van der Waals surface area contributed by atoms with Crippen molar-refractivity contribution < 1.29 is 4.79 Å². The lowest BCUT2D eigenvalue weighted by atomic mass is 9.82. The summed E-state index contributed by atoms with van der Waals surface area (Å²) in [7, 11) is 0. The Morgan fingerprint density at radius 1 is 0.839 bits per heavy atom. The second kappa shape index (κ2) is 8.19. The molecule has 1 amide bonds. The van der Waals surface area contributed by atoms with E-state index in [1.165, 1.54) is 5.69 Å². The molecule has 1 N–H and O–H groups in total. The van der Waals surface area contributed by atoms with E-state index in [0.717, 1.165) is 43.0 Å². The summed E-state index contributed by atoms with van der Waals surface area (Å²) < 4.78 is 0. The van der Waals surface area contributed by atoms with Crippen LogP contribution in [0.15, 0.2) is 72.8 Å². The van der Waals surface area contributed by atoms with Gasteiger partial charge in [0.05, 0.1) is 0 Å². The highest BCUT2D eigenvalue weighted by molar-refractivity contribution is 6.31. The standard InChI is InChI=1S/C25H23Cl2N3O/c26-19-6-4-5-18(15-19)17-25(22-10-9-20(27)16-23(22)28-24(25)31)30-13-11-29(12-14-30)21-7-2-1-3-8-21/h1-10,15-16H,11-14,17H2,(H,28,31). The normalized spacial score (nSPS) is 21.1. The molecule has 2 heterocycles. The van der Waals surface area contributed by atoms with Gasteiger partial charge in [0.1, 0.15) is 5.54 Å². The average molecular weight is 452 g/mol. The molecule has 0 radical (unpaired) electrons. The fourth-order valence-electron chi connectivity index (χ4n) is 4.86. The van der Waals surface area contributed by atoms with Crippen molar-refractivity contribution in [2.24, 2.45) is 0 Å². The van der Waals surface area contributed by atoms with Crippen molar-refractivity contribution in [3.63, 3.8) is 0 Å². The maximum Gasteiger partial charge on any atom is 0.249 e. The van der Waals surface area contributed by atoms with Gasteiger partial charge in [0, 0.05) is 59.6 Å². The molecule has 4 nitrogen and oxygen atoms in total. The summed E-state index contributed by atoms with van der Waals surface area (Å²) >= 11 is 12.5. The van der Waals surface area contributed by atoms with E-state index in [-0.39, 0.29) is 5.91 Å². The average Bonchev–Trinajstić information content (AvgIpc) is 3.05. The van der Waals surface area contributed by atoms with E-state index >= 15 is 0 Å². The van der Waals surface area contributed by atoms with E-state index in [4.69, 9.17) is 23.2 Å². The van der Waals surface area contributed by atoms with Gasteiger partial charge in [-0.2, -0.15) is 0 Å². The maximum atomic E-state index is 13.6. The number of para-hydroxylation sites is 1. The number of hydrogen-bond acceptors (Lipinski definition) is 3. The number of nitrogens with zero attached hydrogens (tertiary/aromatic N) is 2. The van der Waals surface area contributed by atoms with Gasteiger partial charge >= 0.3 is 0 Å². The second-order valence-electron chi connectivity index (χ2n) is 8.12. The fraction of sp³-hybridized carbons (Fsp3) is 0.240. The van der Waals surface area contributed by atoms with Crippen LogP contribution in [0.4, 0.5) is 11.4 Å². The number of benzene rings is 3. The van der Waals surface area contributed by atoms with E-state index in [0.29, 0.717) is 16.5 Å². The topological polar surface area (TPSA) is 35.6 Å². The van der Waals surface area contributed by atoms with Crippen LogP contribution < -0.4 is 10.2 Å². The van der Waals surface area contributed by atoms with Gasteiger partial charge in [-0.25, -0.2) is 0 Å². The number of amides is 1. The predicted octanol–water partition coefficient (Wildman–Crippen LogP) is 5.21. The SMILES string of the molecule is O=C1Nc2cc(Cl)ccc2C1(Cc1cccc(Cl)c1)N1CCN(c2ccccc2)CC1. The van der Waals surface area contributed by atoms with Crippen LogP contribution >= 0.6 is 23.2 Å². The zero-order valence-electron chi connectivity index (χ0n) is 17.0. The van der Waals surface area contributed by atoms with Crippen LogP contribution in [0.1, 0.15) is 11.1 Å². The Bertz CT molecular complexity index is 1110. The van der Waals surface area contributed by atoms with Gasteiger partial charge in [-0.05, 0) is 42.0 Å². The van der Waals surface area contributed by atoms with Crippen molar-refractivity contribution in [1.29, 1.82) is 0 Å². The van der Waals surface area contributed by atoms with Crippen molar-refractivity contribution in [2.45, 2.75) is 12.0 Å². The van der Waals surface area contributed by atoms with Crippen molar-refractivity contribution in [3.8, 4) is 0 Å². The molecule has 2 aliphatic heterocycles. The lowest BCUT2D eigenvalue weighted by Crippen LogP contribution is -2.59. The Morgan fingerprint density at radius 3 is 2.32 bits per heavy atom. The molecule has 3 aromatic rings. The van der Waals surface area contributed by atoms with Crippen LogP contribution in [0.3, 0.4) is 0 Å². The summed E-state index contributed by atoms with van der Waals surface area (Å²) in [6, 6.07) is 23.9. The van der Waals surface area contributed by atoms with Crippen LogP contribution in [0.2, 0.25) is 10.0 Å². The Balaban J connectivity index is 1.51. The number of halogens is 2. The molecule has 0 spiro atoms. The lowest BCUT2D eigenvalue weighted by molar-refractivity contribution is -0.128. The third kappa shape index (κ3) is 3.69. The highest BCUT2D eigenvalue weighted by atomic mass is 35.5. The number of anilines is 2. The summed E-state index contributed by atoms with van der Waals surface area (Å²) in [6.45, 7) is 3.28. The molecular formula is C25H23Cl2N3O. The van der Waals surface area contributed by atoms with Crippen molar-refractivity contribution in [2.75, 3.05) is 36.4 Å². The number of rotatable bonds is 4. The fourth-order valence-corrected chi connectivity index (χ4v) is 5.24. The second-order valence-corrected chi connectivity index (χ2v) is 8.99. The molecule has 0 aliphatic carbocycles. The molecule has 6 heteroatoms. The summed E-state index contributed by atoms with van der Waals surface area (Å²) in [5.41, 5.74) is 3.25. The third-order valence-electron chi connectivity index (χ3n) is 6.34. The van der Waals surface area contributed by atoms with Crippen molar-refractivity contribution in [3.05, 3.63) is 94.0 Å².